The van der Waals surface area contributed by atoms with E-state index < -0.39 is 35.8 Å². The zero-order valence-electron chi connectivity index (χ0n) is 12.6. The zero-order chi connectivity index (χ0) is 15.3. The van der Waals surface area contributed by atoms with Gasteiger partial charge < -0.3 is 14.8 Å². The number of carbonyl (C=O) groups is 2. The minimum absolute atomic E-state index is 0.0826. The number of hydrogen-bond donors (Lipinski definition) is 1. The fourth-order valence-corrected chi connectivity index (χ4v) is 2.26. The summed E-state index contributed by atoms with van der Waals surface area (Å²) in [6.45, 7) is 7.21. The van der Waals surface area contributed by atoms with Crippen LogP contribution in [0.3, 0.4) is 0 Å². The first-order valence-corrected chi connectivity index (χ1v) is 7.03. The van der Waals surface area contributed by atoms with E-state index in [1.54, 1.807) is 27.7 Å². The molecule has 1 amide bonds. The summed E-state index contributed by atoms with van der Waals surface area (Å²) in [6, 6.07) is -0.434. The Labute approximate surface area is 119 Å². The van der Waals surface area contributed by atoms with Crippen LogP contribution in [0.15, 0.2) is 0 Å². The van der Waals surface area contributed by atoms with Crippen LogP contribution in [0.1, 0.15) is 47.0 Å². The lowest BCUT2D eigenvalue weighted by molar-refractivity contribution is -0.150. The minimum Gasteiger partial charge on any atom is -0.466 e. The van der Waals surface area contributed by atoms with Gasteiger partial charge in [-0.2, -0.15) is 0 Å². The van der Waals surface area contributed by atoms with Crippen LogP contribution in [0.25, 0.3) is 0 Å². The number of alkyl carbamates (subject to hydrolysis) is 1. The monoisotopic (exact) mass is 289 g/mol. The first-order valence-electron chi connectivity index (χ1n) is 7.03. The van der Waals surface area contributed by atoms with E-state index >= 15 is 0 Å². The highest BCUT2D eigenvalue weighted by molar-refractivity contribution is 5.75. The first kappa shape index (κ1) is 16.7. The largest absolute Gasteiger partial charge is 0.466 e. The van der Waals surface area contributed by atoms with E-state index in [0.29, 0.717) is 12.8 Å². The predicted molar refractivity (Wildman–Crippen MR) is 72.0 cm³/mol. The maximum absolute atomic E-state index is 13.5. The molecule has 116 valence electrons. The maximum atomic E-state index is 13.5. The first-order chi connectivity index (χ1) is 9.23. The topological polar surface area (TPSA) is 64.6 Å². The molecular weight excluding hydrogens is 265 g/mol. The van der Waals surface area contributed by atoms with Crippen molar-refractivity contribution in [1.82, 2.24) is 5.32 Å². The van der Waals surface area contributed by atoms with Crippen molar-refractivity contribution in [3.8, 4) is 0 Å². The molecule has 1 saturated carbocycles. The third-order valence-corrected chi connectivity index (χ3v) is 3.08. The van der Waals surface area contributed by atoms with E-state index in [4.69, 9.17) is 9.47 Å². The maximum Gasteiger partial charge on any atom is 0.407 e. The smallest absolute Gasteiger partial charge is 0.407 e. The van der Waals surface area contributed by atoms with E-state index in [1.807, 2.05) is 0 Å². The summed E-state index contributed by atoms with van der Waals surface area (Å²) in [5.74, 6) is -1.11. The highest BCUT2D eigenvalue weighted by Gasteiger charge is 2.37. The number of amides is 1. The van der Waals surface area contributed by atoms with E-state index in [-0.39, 0.29) is 13.0 Å². The van der Waals surface area contributed by atoms with Crippen molar-refractivity contribution in [2.45, 2.75) is 64.8 Å². The van der Waals surface area contributed by atoms with E-state index in [9.17, 15) is 14.0 Å². The number of alkyl halides is 1. The Morgan fingerprint density at radius 2 is 1.95 bits per heavy atom. The number of nitrogens with one attached hydrogen (secondary N) is 1. The van der Waals surface area contributed by atoms with Crippen LogP contribution in [0, 0.1) is 5.92 Å². The fraction of sp³-hybridized carbons (Fsp3) is 0.857. The molecule has 0 aromatic rings. The second-order valence-corrected chi connectivity index (χ2v) is 6.02. The lowest BCUT2D eigenvalue weighted by Crippen LogP contribution is -2.48. The summed E-state index contributed by atoms with van der Waals surface area (Å²) in [7, 11) is 0. The summed E-state index contributed by atoms with van der Waals surface area (Å²) >= 11 is 0. The van der Waals surface area contributed by atoms with Crippen molar-refractivity contribution in [2.24, 2.45) is 5.92 Å². The molecule has 20 heavy (non-hydrogen) atoms. The van der Waals surface area contributed by atoms with Crippen LogP contribution >= 0.6 is 0 Å². The van der Waals surface area contributed by atoms with Crippen molar-refractivity contribution in [1.29, 1.82) is 0 Å². The van der Waals surface area contributed by atoms with Gasteiger partial charge in [-0.3, -0.25) is 4.79 Å². The second kappa shape index (κ2) is 6.90. The third-order valence-electron chi connectivity index (χ3n) is 3.08. The number of rotatable bonds is 3. The fourth-order valence-electron chi connectivity index (χ4n) is 2.26. The Balaban J connectivity index is 2.64. The van der Waals surface area contributed by atoms with Gasteiger partial charge in [0.25, 0.3) is 0 Å². The Morgan fingerprint density at radius 3 is 2.50 bits per heavy atom. The van der Waals surface area contributed by atoms with Gasteiger partial charge in [0.1, 0.15) is 11.8 Å². The molecule has 1 aliphatic carbocycles. The molecule has 0 heterocycles. The van der Waals surface area contributed by atoms with Gasteiger partial charge in [0.05, 0.1) is 12.5 Å². The number of ether oxygens (including phenoxy) is 2. The van der Waals surface area contributed by atoms with Crippen LogP contribution in [0.2, 0.25) is 0 Å². The summed E-state index contributed by atoms with van der Waals surface area (Å²) < 4.78 is 23.6. The minimum atomic E-state index is -1.03. The van der Waals surface area contributed by atoms with Gasteiger partial charge in [-0.1, -0.05) is 0 Å². The number of carbonyl (C=O) groups excluding carboxylic acids is 2. The van der Waals surface area contributed by atoms with Crippen LogP contribution in [-0.4, -0.2) is 36.5 Å². The Bertz CT molecular complexity index is 354. The predicted octanol–water partition coefficient (Wildman–Crippen LogP) is 2.58. The van der Waals surface area contributed by atoms with Crippen molar-refractivity contribution in [3.05, 3.63) is 0 Å². The van der Waals surface area contributed by atoms with Gasteiger partial charge in [-0.25, -0.2) is 9.18 Å². The normalized spacial score (nSPS) is 26.8. The molecule has 0 spiro atoms. The zero-order valence-corrected chi connectivity index (χ0v) is 12.6. The molecular formula is C14H24FNO4. The quantitative estimate of drug-likeness (QED) is 0.811. The lowest BCUT2D eigenvalue weighted by atomic mass is 9.83. The van der Waals surface area contributed by atoms with Gasteiger partial charge >= 0.3 is 12.1 Å². The molecule has 0 unspecified atom stereocenters. The molecule has 0 radical (unpaired) electrons. The average Bonchev–Trinajstić information content (AvgIpc) is 2.29. The summed E-state index contributed by atoms with van der Waals surface area (Å²) in [6.07, 6.45) is -0.797. The average molecular weight is 289 g/mol. The molecule has 1 rings (SSSR count). The van der Waals surface area contributed by atoms with Crippen molar-refractivity contribution in [3.63, 3.8) is 0 Å². The molecule has 3 atom stereocenters. The van der Waals surface area contributed by atoms with Crippen LogP contribution in [0.5, 0.6) is 0 Å². The molecule has 0 aromatic heterocycles. The number of halogens is 1. The molecule has 1 aliphatic rings. The molecule has 5 nitrogen and oxygen atoms in total. The molecule has 6 heteroatoms. The second-order valence-electron chi connectivity index (χ2n) is 6.02. The van der Waals surface area contributed by atoms with Crippen molar-refractivity contribution >= 4 is 12.1 Å². The van der Waals surface area contributed by atoms with E-state index in [1.165, 1.54) is 0 Å². The standard InChI is InChI=1S/C14H24FNO4/c1-5-19-12(17)10-8-9(15)6-7-11(10)16-13(18)20-14(2,3)4/h9-11H,5-8H2,1-4H3,(H,16,18)/t9-,10+,11-/m0/s1. The van der Waals surface area contributed by atoms with Crippen LogP contribution in [-0.2, 0) is 14.3 Å². The van der Waals surface area contributed by atoms with Gasteiger partial charge in [-0.05, 0) is 47.0 Å². The summed E-state index contributed by atoms with van der Waals surface area (Å²) in [5, 5.41) is 2.66. The van der Waals surface area contributed by atoms with Gasteiger partial charge in [0, 0.05) is 6.04 Å². The van der Waals surface area contributed by atoms with Gasteiger partial charge in [-0.15, -0.1) is 0 Å². The molecule has 0 saturated heterocycles. The summed E-state index contributed by atoms with van der Waals surface area (Å²) in [4.78, 5) is 23.6. The van der Waals surface area contributed by atoms with Crippen LogP contribution in [0.4, 0.5) is 9.18 Å². The van der Waals surface area contributed by atoms with E-state index in [0.717, 1.165) is 0 Å². The molecule has 0 aliphatic heterocycles. The molecule has 1 N–H and O–H groups in total. The molecule has 0 bridgehead atoms. The summed E-state index contributed by atoms with van der Waals surface area (Å²) in [5.41, 5.74) is -0.610. The van der Waals surface area contributed by atoms with E-state index in [2.05, 4.69) is 5.32 Å². The Morgan fingerprint density at radius 1 is 1.30 bits per heavy atom. The van der Waals surface area contributed by atoms with Gasteiger partial charge in [0.15, 0.2) is 0 Å². The SMILES string of the molecule is CCOC(=O)[C@@H]1C[C@@H](F)CC[C@@H]1NC(=O)OC(C)(C)C. The Kier molecular flexibility index (Phi) is 5.77. The molecule has 0 aromatic carbocycles. The highest BCUT2D eigenvalue weighted by atomic mass is 19.1. The number of hydrogen-bond acceptors (Lipinski definition) is 4. The molecule has 1 fully saturated rings. The van der Waals surface area contributed by atoms with Crippen molar-refractivity contribution < 1.29 is 23.5 Å². The number of esters is 1. The highest BCUT2D eigenvalue weighted by Crippen LogP contribution is 2.28. The third kappa shape index (κ3) is 5.35. The van der Waals surface area contributed by atoms with Gasteiger partial charge in [0.2, 0.25) is 0 Å². The van der Waals surface area contributed by atoms with Crippen LogP contribution < -0.4 is 5.32 Å². The Hall–Kier alpha value is -1.33. The lowest BCUT2D eigenvalue weighted by Gasteiger charge is -2.32. The van der Waals surface area contributed by atoms with Crippen molar-refractivity contribution in [2.75, 3.05) is 6.61 Å².